The highest BCUT2D eigenvalue weighted by Gasteiger charge is 2.23. The molecule has 1 aliphatic carbocycles. The minimum atomic E-state index is -0.307. The van der Waals surface area contributed by atoms with E-state index in [9.17, 15) is 9.18 Å². The second-order valence-electron chi connectivity index (χ2n) is 9.37. The molecule has 2 aromatic carbocycles. The van der Waals surface area contributed by atoms with Crippen LogP contribution >= 0.6 is 0 Å². The van der Waals surface area contributed by atoms with Gasteiger partial charge in [0, 0.05) is 5.56 Å². The molecule has 0 spiro atoms. The molecule has 2 nitrogen and oxygen atoms in total. The van der Waals surface area contributed by atoms with Crippen LogP contribution in [0.25, 0.3) is 11.1 Å². The van der Waals surface area contributed by atoms with Gasteiger partial charge in [-0.25, -0.2) is 9.18 Å². The molecule has 0 radical (unpaired) electrons. The monoisotopic (exact) mass is 438 g/mol. The van der Waals surface area contributed by atoms with E-state index in [0.29, 0.717) is 23.7 Å². The Bertz CT molecular complexity index is 835. The number of benzene rings is 2. The van der Waals surface area contributed by atoms with E-state index in [1.807, 2.05) is 18.2 Å². The fraction of sp³-hybridized carbons (Fsp3) is 0.552. The van der Waals surface area contributed by atoms with Crippen molar-refractivity contribution in [1.82, 2.24) is 0 Å². The summed E-state index contributed by atoms with van der Waals surface area (Å²) in [6.45, 7) is 4.87. The van der Waals surface area contributed by atoms with E-state index in [2.05, 4.69) is 19.9 Å². The maximum Gasteiger partial charge on any atom is 0.338 e. The van der Waals surface area contributed by atoms with Crippen LogP contribution in [0.3, 0.4) is 0 Å². The van der Waals surface area contributed by atoms with Crippen LogP contribution in [-0.2, 0) is 4.74 Å². The highest BCUT2D eigenvalue weighted by Crippen LogP contribution is 2.38. The number of hydrogen-bond acceptors (Lipinski definition) is 2. The first-order chi connectivity index (χ1) is 15.6. The molecule has 0 unspecified atom stereocenters. The number of rotatable bonds is 11. The zero-order valence-corrected chi connectivity index (χ0v) is 19.9. The molecule has 174 valence electrons. The van der Waals surface area contributed by atoms with Crippen molar-refractivity contribution in [2.75, 3.05) is 6.61 Å². The molecule has 1 fully saturated rings. The van der Waals surface area contributed by atoms with Crippen molar-refractivity contribution in [3.63, 3.8) is 0 Å². The van der Waals surface area contributed by atoms with Crippen molar-refractivity contribution < 1.29 is 13.9 Å². The lowest BCUT2D eigenvalue weighted by molar-refractivity contribution is 0.0498. The summed E-state index contributed by atoms with van der Waals surface area (Å²) >= 11 is 0. The van der Waals surface area contributed by atoms with Crippen LogP contribution in [0, 0.1) is 11.7 Å². The Labute approximate surface area is 193 Å². The van der Waals surface area contributed by atoms with E-state index in [0.717, 1.165) is 42.7 Å². The zero-order valence-electron chi connectivity index (χ0n) is 19.9. The predicted molar refractivity (Wildman–Crippen MR) is 130 cm³/mol. The third-order valence-corrected chi connectivity index (χ3v) is 6.94. The molecule has 0 bridgehead atoms. The third kappa shape index (κ3) is 6.92. The van der Waals surface area contributed by atoms with Gasteiger partial charge in [-0.1, -0.05) is 76.6 Å². The van der Waals surface area contributed by atoms with Gasteiger partial charge in [0.25, 0.3) is 0 Å². The lowest BCUT2D eigenvalue weighted by Crippen LogP contribution is -2.13. The first kappa shape index (κ1) is 24.5. The van der Waals surface area contributed by atoms with Crippen molar-refractivity contribution in [1.29, 1.82) is 0 Å². The van der Waals surface area contributed by atoms with Crippen LogP contribution in [0.1, 0.15) is 106 Å². The van der Waals surface area contributed by atoms with Crippen LogP contribution in [-0.4, -0.2) is 12.6 Å². The summed E-state index contributed by atoms with van der Waals surface area (Å²) in [6, 6.07) is 12.8. The molecule has 1 saturated carbocycles. The summed E-state index contributed by atoms with van der Waals surface area (Å²) in [7, 11) is 0. The second kappa shape index (κ2) is 12.8. The van der Waals surface area contributed by atoms with E-state index in [1.54, 1.807) is 18.2 Å². The van der Waals surface area contributed by atoms with Gasteiger partial charge in [0.15, 0.2) is 0 Å². The van der Waals surface area contributed by atoms with E-state index in [-0.39, 0.29) is 11.8 Å². The van der Waals surface area contributed by atoms with Crippen LogP contribution in [0.2, 0.25) is 0 Å². The highest BCUT2D eigenvalue weighted by atomic mass is 19.1. The highest BCUT2D eigenvalue weighted by molar-refractivity contribution is 5.90. The first-order valence-electron chi connectivity index (χ1n) is 12.7. The molecule has 0 saturated heterocycles. The number of esters is 1. The third-order valence-electron chi connectivity index (χ3n) is 6.94. The van der Waals surface area contributed by atoms with Gasteiger partial charge in [-0.2, -0.15) is 0 Å². The average molecular weight is 439 g/mol. The molecule has 0 aliphatic heterocycles. The SMILES string of the molecule is CCCCCCOC(=O)c1ccc(-c2ccc([C@H]3CC[C@H](CCCC)CC3)cc2F)cc1. The van der Waals surface area contributed by atoms with Gasteiger partial charge in [-0.15, -0.1) is 0 Å². The Kier molecular flexibility index (Phi) is 9.77. The van der Waals surface area contributed by atoms with Crippen molar-refractivity contribution in [2.45, 2.75) is 90.4 Å². The van der Waals surface area contributed by atoms with Gasteiger partial charge in [-0.3, -0.25) is 0 Å². The molecule has 0 amide bonds. The standard InChI is InChI=1S/C29H39FO2/c1-3-5-7-8-20-32-29(31)25-16-14-24(15-17-25)27-19-18-26(21-28(27)30)23-12-10-22(11-13-23)9-6-4-2/h14-19,21-23H,3-13,20H2,1-2H3/t22-,23-. The summed E-state index contributed by atoms with van der Waals surface area (Å²) in [5.74, 6) is 0.850. The molecule has 0 N–H and O–H groups in total. The van der Waals surface area contributed by atoms with Gasteiger partial charge in [0.2, 0.25) is 0 Å². The summed E-state index contributed by atoms with van der Waals surface area (Å²) < 4.78 is 20.3. The van der Waals surface area contributed by atoms with Gasteiger partial charge in [0.1, 0.15) is 5.82 Å². The number of carbonyl (C=O) groups is 1. The van der Waals surface area contributed by atoms with Gasteiger partial charge in [0.05, 0.1) is 12.2 Å². The number of hydrogen-bond donors (Lipinski definition) is 0. The summed E-state index contributed by atoms with van der Waals surface area (Å²) in [5, 5.41) is 0. The Hall–Kier alpha value is -2.16. The molecule has 0 heterocycles. The minimum absolute atomic E-state index is 0.179. The number of carbonyl (C=O) groups excluding carboxylic acids is 1. The molecule has 2 aromatic rings. The smallest absolute Gasteiger partial charge is 0.338 e. The topological polar surface area (TPSA) is 26.3 Å². The number of halogens is 1. The summed E-state index contributed by atoms with van der Waals surface area (Å²) in [5.41, 5.74) is 3.02. The fourth-order valence-corrected chi connectivity index (χ4v) is 4.86. The molecule has 3 heteroatoms. The van der Waals surface area contributed by atoms with Crippen LogP contribution in [0.5, 0.6) is 0 Å². The van der Waals surface area contributed by atoms with Crippen molar-refractivity contribution in [3.05, 3.63) is 59.4 Å². The predicted octanol–water partition coefficient (Wildman–Crippen LogP) is 8.69. The van der Waals surface area contributed by atoms with E-state index in [4.69, 9.17) is 4.74 Å². The quantitative estimate of drug-likeness (QED) is 0.259. The Morgan fingerprint density at radius 1 is 0.906 bits per heavy atom. The Morgan fingerprint density at radius 2 is 1.62 bits per heavy atom. The van der Waals surface area contributed by atoms with Gasteiger partial charge < -0.3 is 4.74 Å². The molecule has 1 aliphatic rings. The van der Waals surface area contributed by atoms with Gasteiger partial charge in [-0.05, 0) is 73.3 Å². The molecule has 0 aromatic heterocycles. The molecular weight excluding hydrogens is 399 g/mol. The Morgan fingerprint density at radius 3 is 2.28 bits per heavy atom. The van der Waals surface area contributed by atoms with Crippen LogP contribution < -0.4 is 0 Å². The molecule has 32 heavy (non-hydrogen) atoms. The normalized spacial score (nSPS) is 18.5. The summed E-state index contributed by atoms with van der Waals surface area (Å²) in [6.07, 6.45) is 13.1. The van der Waals surface area contributed by atoms with E-state index in [1.165, 1.54) is 44.9 Å². The minimum Gasteiger partial charge on any atom is -0.462 e. The van der Waals surface area contributed by atoms with Gasteiger partial charge >= 0.3 is 5.97 Å². The lowest BCUT2D eigenvalue weighted by atomic mass is 9.77. The Balaban J connectivity index is 1.56. The van der Waals surface area contributed by atoms with Crippen LogP contribution in [0.15, 0.2) is 42.5 Å². The molecule has 0 atom stereocenters. The zero-order chi connectivity index (χ0) is 22.8. The van der Waals surface area contributed by atoms with E-state index < -0.39 is 0 Å². The lowest BCUT2D eigenvalue weighted by Gasteiger charge is -2.29. The molecular formula is C29H39FO2. The summed E-state index contributed by atoms with van der Waals surface area (Å²) in [4.78, 5) is 12.2. The van der Waals surface area contributed by atoms with Crippen molar-refractivity contribution in [3.8, 4) is 11.1 Å². The second-order valence-corrected chi connectivity index (χ2v) is 9.37. The van der Waals surface area contributed by atoms with E-state index >= 15 is 0 Å². The average Bonchev–Trinajstić information content (AvgIpc) is 2.83. The first-order valence-corrected chi connectivity index (χ1v) is 12.7. The van der Waals surface area contributed by atoms with Crippen molar-refractivity contribution in [2.24, 2.45) is 5.92 Å². The molecule has 3 rings (SSSR count). The van der Waals surface area contributed by atoms with Crippen LogP contribution in [0.4, 0.5) is 4.39 Å². The largest absolute Gasteiger partial charge is 0.462 e. The maximum absolute atomic E-state index is 15.0. The van der Waals surface area contributed by atoms with Crippen molar-refractivity contribution >= 4 is 5.97 Å². The maximum atomic E-state index is 15.0. The fourth-order valence-electron chi connectivity index (χ4n) is 4.86. The number of unbranched alkanes of at least 4 members (excludes halogenated alkanes) is 4. The number of ether oxygens (including phenoxy) is 1.